The first-order valence-corrected chi connectivity index (χ1v) is 5.19. The Balaban J connectivity index is 2.44. The van der Waals surface area contributed by atoms with Crippen molar-refractivity contribution in [2.24, 2.45) is 0 Å². The van der Waals surface area contributed by atoms with Crippen LogP contribution in [0.1, 0.15) is 15.9 Å². The Labute approximate surface area is 99.3 Å². The smallest absolute Gasteiger partial charge is 0.196 e. The van der Waals surface area contributed by atoms with Crippen molar-refractivity contribution >= 4 is 5.78 Å². The largest absolute Gasteiger partial charge is 0.508 e. The van der Waals surface area contributed by atoms with Crippen LogP contribution in [0.5, 0.6) is 11.5 Å². The van der Waals surface area contributed by atoms with Crippen molar-refractivity contribution in [3.8, 4) is 11.5 Å². The fourth-order valence-electron chi connectivity index (χ4n) is 1.61. The van der Waals surface area contributed by atoms with Crippen molar-refractivity contribution in [1.82, 2.24) is 0 Å². The minimum absolute atomic E-state index is 0.0754. The van der Waals surface area contributed by atoms with Crippen molar-refractivity contribution in [2.75, 3.05) is 7.11 Å². The summed E-state index contributed by atoms with van der Waals surface area (Å²) in [6.45, 7) is 0. The van der Waals surface area contributed by atoms with Crippen LogP contribution in [-0.4, -0.2) is 18.0 Å². The number of phenols is 1. The van der Waals surface area contributed by atoms with Gasteiger partial charge in [-0.25, -0.2) is 0 Å². The Kier molecular flexibility index (Phi) is 3.10. The fraction of sp³-hybridized carbons (Fsp3) is 0.0714. The average Bonchev–Trinajstić information content (AvgIpc) is 2.39. The molecule has 0 saturated carbocycles. The minimum atomic E-state index is -0.123. The van der Waals surface area contributed by atoms with Gasteiger partial charge in [-0.2, -0.15) is 0 Å². The molecule has 0 spiro atoms. The summed E-state index contributed by atoms with van der Waals surface area (Å²) in [5.41, 5.74) is 1.04. The van der Waals surface area contributed by atoms with E-state index in [-0.39, 0.29) is 11.5 Å². The van der Waals surface area contributed by atoms with E-state index in [1.807, 2.05) is 6.07 Å². The van der Waals surface area contributed by atoms with Gasteiger partial charge in [0.2, 0.25) is 0 Å². The highest BCUT2D eigenvalue weighted by molar-refractivity contribution is 6.10. The molecular weight excluding hydrogens is 216 g/mol. The van der Waals surface area contributed by atoms with Crippen molar-refractivity contribution < 1.29 is 14.6 Å². The molecule has 3 heteroatoms. The summed E-state index contributed by atoms with van der Waals surface area (Å²) in [6, 6.07) is 13.4. The van der Waals surface area contributed by atoms with E-state index in [2.05, 4.69) is 0 Å². The Morgan fingerprint density at radius 2 is 1.82 bits per heavy atom. The van der Waals surface area contributed by atoms with Gasteiger partial charge in [0, 0.05) is 11.6 Å². The van der Waals surface area contributed by atoms with Gasteiger partial charge in [-0.15, -0.1) is 0 Å². The maximum Gasteiger partial charge on any atom is 0.196 e. The number of rotatable bonds is 3. The van der Waals surface area contributed by atoms with Gasteiger partial charge >= 0.3 is 0 Å². The molecule has 3 nitrogen and oxygen atoms in total. The van der Waals surface area contributed by atoms with Gasteiger partial charge in [0.1, 0.15) is 11.5 Å². The molecule has 0 saturated heterocycles. The summed E-state index contributed by atoms with van der Waals surface area (Å²) < 4.78 is 5.09. The van der Waals surface area contributed by atoms with Crippen molar-refractivity contribution in [3.05, 3.63) is 59.7 Å². The van der Waals surface area contributed by atoms with Crippen LogP contribution < -0.4 is 4.74 Å². The second kappa shape index (κ2) is 4.70. The zero-order valence-corrected chi connectivity index (χ0v) is 9.38. The second-order valence-electron chi connectivity index (χ2n) is 3.58. The molecular formula is C14H12O3. The Bertz CT molecular complexity index is 532. The topological polar surface area (TPSA) is 46.5 Å². The zero-order valence-electron chi connectivity index (χ0n) is 9.38. The lowest BCUT2D eigenvalue weighted by Crippen LogP contribution is -2.03. The van der Waals surface area contributed by atoms with Crippen LogP contribution in [0, 0.1) is 0 Å². The first-order valence-electron chi connectivity index (χ1n) is 5.19. The van der Waals surface area contributed by atoms with Crippen LogP contribution in [0.15, 0.2) is 48.5 Å². The molecule has 2 aromatic carbocycles. The molecule has 0 atom stereocenters. The van der Waals surface area contributed by atoms with Gasteiger partial charge in [-0.1, -0.05) is 30.3 Å². The molecule has 0 aliphatic heterocycles. The van der Waals surface area contributed by atoms with Crippen LogP contribution in [-0.2, 0) is 0 Å². The predicted octanol–water partition coefficient (Wildman–Crippen LogP) is 2.63. The van der Waals surface area contributed by atoms with E-state index in [0.29, 0.717) is 16.9 Å². The first-order chi connectivity index (χ1) is 8.22. The molecule has 0 fully saturated rings. The van der Waals surface area contributed by atoms with E-state index in [1.165, 1.54) is 19.2 Å². The van der Waals surface area contributed by atoms with E-state index in [4.69, 9.17) is 4.74 Å². The molecule has 1 N–H and O–H groups in total. The Morgan fingerprint density at radius 3 is 2.47 bits per heavy atom. The summed E-state index contributed by atoms with van der Waals surface area (Å²) in [5.74, 6) is 0.327. The number of hydrogen-bond acceptors (Lipinski definition) is 3. The van der Waals surface area contributed by atoms with Crippen LogP contribution in [0.3, 0.4) is 0 Å². The third-order valence-corrected chi connectivity index (χ3v) is 2.47. The van der Waals surface area contributed by atoms with Gasteiger partial charge in [-0.05, 0) is 12.1 Å². The Morgan fingerprint density at radius 1 is 1.12 bits per heavy atom. The molecule has 0 aliphatic carbocycles. The molecule has 2 rings (SSSR count). The molecule has 0 aliphatic rings. The van der Waals surface area contributed by atoms with Gasteiger partial charge in [0.15, 0.2) is 5.78 Å². The van der Waals surface area contributed by atoms with Crippen LogP contribution >= 0.6 is 0 Å². The highest BCUT2D eigenvalue weighted by Gasteiger charge is 2.14. The molecule has 0 radical (unpaired) electrons. The molecule has 0 amide bonds. The normalized spacial score (nSPS) is 9.94. The molecule has 2 aromatic rings. The van der Waals surface area contributed by atoms with Gasteiger partial charge in [0.25, 0.3) is 0 Å². The fourth-order valence-corrected chi connectivity index (χ4v) is 1.61. The minimum Gasteiger partial charge on any atom is -0.508 e. The zero-order chi connectivity index (χ0) is 12.3. The van der Waals surface area contributed by atoms with Crippen LogP contribution in [0.2, 0.25) is 0 Å². The van der Waals surface area contributed by atoms with Crippen molar-refractivity contribution in [2.45, 2.75) is 0 Å². The number of ketones is 1. The van der Waals surface area contributed by atoms with Crippen LogP contribution in [0.25, 0.3) is 0 Å². The summed E-state index contributed by atoms with van der Waals surface area (Å²) in [4.78, 5) is 12.2. The van der Waals surface area contributed by atoms with Gasteiger partial charge < -0.3 is 9.84 Å². The third kappa shape index (κ3) is 2.28. The monoisotopic (exact) mass is 228 g/mol. The number of ether oxygens (including phenoxy) is 1. The van der Waals surface area contributed by atoms with Crippen molar-refractivity contribution in [1.29, 1.82) is 0 Å². The number of aromatic hydroxyl groups is 1. The van der Waals surface area contributed by atoms with E-state index in [0.717, 1.165) is 0 Å². The molecule has 0 bridgehead atoms. The van der Waals surface area contributed by atoms with E-state index in [1.54, 1.807) is 30.3 Å². The molecule has 0 aromatic heterocycles. The SMILES string of the molecule is COc1cc(O)ccc1C(=O)c1ccccc1. The highest BCUT2D eigenvalue weighted by atomic mass is 16.5. The summed E-state index contributed by atoms with van der Waals surface area (Å²) in [6.07, 6.45) is 0. The van der Waals surface area contributed by atoms with Crippen LogP contribution in [0.4, 0.5) is 0 Å². The quantitative estimate of drug-likeness (QED) is 0.821. The summed E-state index contributed by atoms with van der Waals surface area (Å²) in [5, 5.41) is 9.33. The number of phenolic OH excluding ortho intramolecular Hbond substituents is 1. The molecule has 17 heavy (non-hydrogen) atoms. The number of carbonyl (C=O) groups excluding carboxylic acids is 1. The maximum atomic E-state index is 12.2. The van der Waals surface area contributed by atoms with Crippen molar-refractivity contribution in [3.63, 3.8) is 0 Å². The number of methoxy groups -OCH3 is 1. The summed E-state index contributed by atoms with van der Waals surface area (Å²) >= 11 is 0. The standard InChI is InChI=1S/C14H12O3/c1-17-13-9-11(15)7-8-12(13)14(16)10-5-3-2-4-6-10/h2-9,15H,1H3. The van der Waals surface area contributed by atoms with E-state index < -0.39 is 0 Å². The highest BCUT2D eigenvalue weighted by Crippen LogP contribution is 2.25. The average molecular weight is 228 g/mol. The molecule has 0 unspecified atom stereocenters. The van der Waals surface area contributed by atoms with Gasteiger partial charge in [0.05, 0.1) is 12.7 Å². The Hall–Kier alpha value is -2.29. The lowest BCUT2D eigenvalue weighted by Gasteiger charge is -2.07. The third-order valence-electron chi connectivity index (χ3n) is 2.47. The van der Waals surface area contributed by atoms with E-state index >= 15 is 0 Å². The molecule has 86 valence electrons. The van der Waals surface area contributed by atoms with Gasteiger partial charge in [-0.3, -0.25) is 4.79 Å². The first kappa shape index (κ1) is 11.2. The lowest BCUT2D eigenvalue weighted by molar-refractivity contribution is 0.103. The number of carbonyl (C=O) groups is 1. The maximum absolute atomic E-state index is 12.2. The summed E-state index contributed by atoms with van der Waals surface area (Å²) in [7, 11) is 1.47. The lowest BCUT2D eigenvalue weighted by atomic mass is 10.0. The predicted molar refractivity (Wildman–Crippen MR) is 64.5 cm³/mol. The second-order valence-corrected chi connectivity index (χ2v) is 3.58. The number of benzene rings is 2. The van der Waals surface area contributed by atoms with E-state index in [9.17, 15) is 9.90 Å². The molecule has 0 heterocycles. The number of hydrogen-bond donors (Lipinski definition) is 1.